The molecule has 2 N–H and O–H groups in total. The highest BCUT2D eigenvalue weighted by atomic mass is 16.2. The molecule has 88 valence electrons. The minimum Gasteiger partial charge on any atom is -0.399 e. The summed E-state index contributed by atoms with van der Waals surface area (Å²) < 4.78 is 0. The summed E-state index contributed by atoms with van der Waals surface area (Å²) >= 11 is 0. The van der Waals surface area contributed by atoms with Gasteiger partial charge in [-0.1, -0.05) is 0 Å². The van der Waals surface area contributed by atoms with Crippen molar-refractivity contribution in [2.75, 3.05) is 37.8 Å². The normalized spacial score (nSPS) is 9.94. The van der Waals surface area contributed by atoms with Crippen molar-refractivity contribution in [3.05, 3.63) is 18.3 Å². The van der Waals surface area contributed by atoms with Gasteiger partial charge in [0.05, 0.1) is 6.54 Å². The van der Waals surface area contributed by atoms with E-state index in [9.17, 15) is 4.79 Å². The van der Waals surface area contributed by atoms with Crippen LogP contribution in [0.4, 0.5) is 11.5 Å². The summed E-state index contributed by atoms with van der Waals surface area (Å²) in [6, 6.07) is 3.50. The Hall–Kier alpha value is -1.78. The van der Waals surface area contributed by atoms with Gasteiger partial charge in [0.1, 0.15) is 5.82 Å². The lowest BCUT2D eigenvalue weighted by Gasteiger charge is -2.23. The predicted molar refractivity (Wildman–Crippen MR) is 65.2 cm³/mol. The molecular weight excluding hydrogens is 204 g/mol. The number of aromatic nitrogens is 1. The van der Waals surface area contributed by atoms with Gasteiger partial charge in [-0.3, -0.25) is 4.79 Å². The van der Waals surface area contributed by atoms with E-state index in [0.29, 0.717) is 12.2 Å². The molecule has 1 aromatic heterocycles. The van der Waals surface area contributed by atoms with Gasteiger partial charge in [-0.2, -0.15) is 0 Å². The maximum Gasteiger partial charge on any atom is 0.241 e. The number of pyridine rings is 1. The van der Waals surface area contributed by atoms with Crippen molar-refractivity contribution in [3.8, 4) is 0 Å². The molecule has 0 saturated carbocycles. The Balaban J connectivity index is 2.78. The number of hydrogen-bond donors (Lipinski definition) is 1. The summed E-state index contributed by atoms with van der Waals surface area (Å²) in [5.41, 5.74) is 6.33. The van der Waals surface area contributed by atoms with E-state index in [0.717, 1.165) is 12.4 Å². The second-order valence-electron chi connectivity index (χ2n) is 3.75. The van der Waals surface area contributed by atoms with Crippen LogP contribution in [0.15, 0.2) is 18.3 Å². The van der Waals surface area contributed by atoms with Crippen molar-refractivity contribution >= 4 is 17.4 Å². The molecule has 0 spiro atoms. The van der Waals surface area contributed by atoms with E-state index in [2.05, 4.69) is 4.98 Å². The first-order chi connectivity index (χ1) is 7.54. The van der Waals surface area contributed by atoms with Crippen LogP contribution in [0, 0.1) is 0 Å². The molecule has 0 radical (unpaired) electrons. The Morgan fingerprint density at radius 2 is 2.19 bits per heavy atom. The van der Waals surface area contributed by atoms with Gasteiger partial charge in [-0.15, -0.1) is 0 Å². The molecule has 16 heavy (non-hydrogen) atoms. The molecule has 5 nitrogen and oxygen atoms in total. The highest BCUT2D eigenvalue weighted by Crippen LogP contribution is 2.13. The largest absolute Gasteiger partial charge is 0.399 e. The number of rotatable bonds is 4. The van der Waals surface area contributed by atoms with E-state index in [1.165, 1.54) is 0 Å². The molecule has 1 rings (SSSR count). The SMILES string of the molecule is CCN(CC(=O)N(C)C)c1cc(N)ccn1. The lowest BCUT2D eigenvalue weighted by molar-refractivity contribution is -0.127. The average molecular weight is 222 g/mol. The van der Waals surface area contributed by atoms with Gasteiger partial charge in [0.15, 0.2) is 0 Å². The molecule has 0 atom stereocenters. The molecular formula is C11H18N4O. The number of likely N-dealkylation sites (N-methyl/N-ethyl adjacent to an activating group) is 2. The van der Waals surface area contributed by atoms with E-state index >= 15 is 0 Å². The molecule has 1 amide bonds. The van der Waals surface area contributed by atoms with Crippen LogP contribution in [0.2, 0.25) is 0 Å². The molecule has 1 aromatic rings. The molecule has 0 saturated heterocycles. The van der Waals surface area contributed by atoms with Crippen LogP contribution >= 0.6 is 0 Å². The number of nitrogens with zero attached hydrogens (tertiary/aromatic N) is 3. The minimum absolute atomic E-state index is 0.0473. The summed E-state index contributed by atoms with van der Waals surface area (Å²) in [5, 5.41) is 0. The van der Waals surface area contributed by atoms with Crippen molar-refractivity contribution in [2.24, 2.45) is 0 Å². The van der Waals surface area contributed by atoms with Crippen molar-refractivity contribution in [2.45, 2.75) is 6.92 Å². The average Bonchev–Trinajstić information content (AvgIpc) is 2.25. The number of nitrogen functional groups attached to an aromatic ring is 1. The molecule has 0 aromatic carbocycles. The summed E-state index contributed by atoms with van der Waals surface area (Å²) in [5.74, 6) is 0.781. The van der Waals surface area contributed by atoms with Crippen LogP contribution in [0.25, 0.3) is 0 Å². The van der Waals surface area contributed by atoms with E-state index in [4.69, 9.17) is 5.73 Å². The summed E-state index contributed by atoms with van der Waals surface area (Å²) in [4.78, 5) is 19.2. The first-order valence-electron chi connectivity index (χ1n) is 5.21. The molecule has 0 aliphatic rings. The smallest absolute Gasteiger partial charge is 0.241 e. The minimum atomic E-state index is 0.0473. The van der Waals surface area contributed by atoms with Crippen LogP contribution in [0.3, 0.4) is 0 Å². The highest BCUT2D eigenvalue weighted by Gasteiger charge is 2.12. The van der Waals surface area contributed by atoms with Gasteiger partial charge in [0.2, 0.25) is 5.91 Å². The van der Waals surface area contributed by atoms with Crippen LogP contribution in [0.1, 0.15) is 6.92 Å². The zero-order valence-electron chi connectivity index (χ0n) is 9.97. The number of amides is 1. The van der Waals surface area contributed by atoms with E-state index in [1.807, 2.05) is 11.8 Å². The zero-order chi connectivity index (χ0) is 12.1. The molecule has 0 aliphatic carbocycles. The summed E-state index contributed by atoms with van der Waals surface area (Å²) in [6.45, 7) is 3.02. The highest BCUT2D eigenvalue weighted by molar-refractivity contribution is 5.80. The first kappa shape index (κ1) is 12.3. The van der Waals surface area contributed by atoms with Gasteiger partial charge >= 0.3 is 0 Å². The van der Waals surface area contributed by atoms with Gasteiger partial charge < -0.3 is 15.5 Å². The number of hydrogen-bond acceptors (Lipinski definition) is 4. The lowest BCUT2D eigenvalue weighted by atomic mass is 10.3. The fourth-order valence-corrected chi connectivity index (χ4v) is 1.27. The number of carbonyl (C=O) groups is 1. The molecule has 5 heteroatoms. The molecule has 0 bridgehead atoms. The quantitative estimate of drug-likeness (QED) is 0.809. The molecule has 0 fully saturated rings. The Kier molecular flexibility index (Phi) is 4.10. The molecule has 1 heterocycles. The number of anilines is 2. The van der Waals surface area contributed by atoms with Crippen molar-refractivity contribution in [3.63, 3.8) is 0 Å². The van der Waals surface area contributed by atoms with Crippen LogP contribution in [0.5, 0.6) is 0 Å². The zero-order valence-corrected chi connectivity index (χ0v) is 9.97. The number of nitrogens with two attached hydrogens (primary N) is 1. The third-order valence-electron chi connectivity index (χ3n) is 2.30. The maximum absolute atomic E-state index is 11.6. The van der Waals surface area contributed by atoms with E-state index in [1.54, 1.807) is 37.3 Å². The second kappa shape index (κ2) is 5.34. The van der Waals surface area contributed by atoms with E-state index < -0.39 is 0 Å². The monoisotopic (exact) mass is 222 g/mol. The summed E-state index contributed by atoms with van der Waals surface area (Å²) in [6.07, 6.45) is 1.65. The van der Waals surface area contributed by atoms with Gasteiger partial charge in [-0.25, -0.2) is 4.98 Å². The topological polar surface area (TPSA) is 62.5 Å². The van der Waals surface area contributed by atoms with Crippen LogP contribution in [-0.4, -0.2) is 43.0 Å². The Morgan fingerprint density at radius 1 is 1.50 bits per heavy atom. The first-order valence-corrected chi connectivity index (χ1v) is 5.21. The van der Waals surface area contributed by atoms with Crippen LogP contribution < -0.4 is 10.6 Å². The van der Waals surface area contributed by atoms with E-state index in [-0.39, 0.29) is 5.91 Å². The third-order valence-corrected chi connectivity index (χ3v) is 2.30. The van der Waals surface area contributed by atoms with Crippen molar-refractivity contribution in [1.82, 2.24) is 9.88 Å². The van der Waals surface area contributed by atoms with Crippen LogP contribution in [-0.2, 0) is 4.79 Å². The molecule has 0 unspecified atom stereocenters. The fraction of sp³-hybridized carbons (Fsp3) is 0.455. The lowest BCUT2D eigenvalue weighted by Crippen LogP contribution is -2.37. The Morgan fingerprint density at radius 3 is 2.69 bits per heavy atom. The predicted octanol–water partition coefficient (Wildman–Crippen LogP) is 0.578. The van der Waals surface area contributed by atoms with Gasteiger partial charge in [0, 0.05) is 38.6 Å². The fourth-order valence-electron chi connectivity index (χ4n) is 1.27. The standard InChI is InChI=1S/C11H18N4O/c1-4-15(8-11(16)14(2)3)10-7-9(12)5-6-13-10/h5-7H,4,8H2,1-3H3,(H2,12,13). The van der Waals surface area contributed by atoms with Gasteiger partial charge in [-0.05, 0) is 13.0 Å². The van der Waals surface area contributed by atoms with Crippen molar-refractivity contribution < 1.29 is 4.79 Å². The Labute approximate surface area is 95.9 Å². The Bertz CT molecular complexity index is 365. The second-order valence-corrected chi connectivity index (χ2v) is 3.75. The maximum atomic E-state index is 11.6. The molecule has 0 aliphatic heterocycles. The van der Waals surface area contributed by atoms with Gasteiger partial charge in [0.25, 0.3) is 0 Å². The summed E-state index contributed by atoms with van der Waals surface area (Å²) in [7, 11) is 3.48. The number of carbonyl (C=O) groups excluding carboxylic acids is 1. The third kappa shape index (κ3) is 3.12. The van der Waals surface area contributed by atoms with Crippen molar-refractivity contribution in [1.29, 1.82) is 0 Å².